The maximum Gasteiger partial charge on any atom is 0.127 e. The molecule has 0 fully saturated rings. The van der Waals surface area contributed by atoms with Gasteiger partial charge in [0.25, 0.3) is 0 Å². The van der Waals surface area contributed by atoms with E-state index in [-0.39, 0.29) is 11.9 Å². The highest BCUT2D eigenvalue weighted by Crippen LogP contribution is 2.21. The third-order valence-electron chi connectivity index (χ3n) is 2.79. The quantitative estimate of drug-likeness (QED) is 0.435. The van der Waals surface area contributed by atoms with Gasteiger partial charge in [0.2, 0.25) is 0 Å². The van der Waals surface area contributed by atoms with E-state index in [2.05, 4.69) is 5.43 Å². The normalized spacial score (nSPS) is 12.7. The van der Waals surface area contributed by atoms with E-state index in [0.29, 0.717) is 30.2 Å². The van der Waals surface area contributed by atoms with Crippen molar-refractivity contribution >= 4 is 11.6 Å². The lowest BCUT2D eigenvalue weighted by Gasteiger charge is -2.17. The molecule has 3 N–H and O–H groups in total. The molecule has 1 aromatic carbocycles. The topological polar surface area (TPSA) is 47.3 Å². The van der Waals surface area contributed by atoms with Crippen molar-refractivity contribution < 1.29 is 9.13 Å². The number of rotatable bonds is 8. The van der Waals surface area contributed by atoms with E-state index < -0.39 is 0 Å². The Hall–Kier alpha value is -0.680. The monoisotopic (exact) mass is 274 g/mol. The van der Waals surface area contributed by atoms with Crippen LogP contribution in [0.1, 0.15) is 25.3 Å². The second-order valence-electron chi connectivity index (χ2n) is 4.11. The Balaban J connectivity index is 2.52. The summed E-state index contributed by atoms with van der Waals surface area (Å²) in [4.78, 5) is 0. The first-order chi connectivity index (χ1) is 8.69. The van der Waals surface area contributed by atoms with Crippen LogP contribution in [0, 0.1) is 5.82 Å². The van der Waals surface area contributed by atoms with E-state index >= 15 is 0 Å². The molecule has 0 bridgehead atoms. The van der Waals surface area contributed by atoms with Crippen LogP contribution in [0.2, 0.25) is 5.02 Å². The molecule has 0 aromatic heterocycles. The number of nitrogens with one attached hydrogen (secondary N) is 1. The minimum Gasteiger partial charge on any atom is -0.382 e. The van der Waals surface area contributed by atoms with Crippen LogP contribution in [0.3, 0.4) is 0 Å². The smallest absolute Gasteiger partial charge is 0.127 e. The third-order valence-corrected chi connectivity index (χ3v) is 3.15. The lowest BCUT2D eigenvalue weighted by atomic mass is 10.0. The van der Waals surface area contributed by atoms with Gasteiger partial charge in [-0.3, -0.25) is 11.3 Å². The van der Waals surface area contributed by atoms with Gasteiger partial charge < -0.3 is 4.74 Å². The fourth-order valence-electron chi connectivity index (χ4n) is 1.79. The summed E-state index contributed by atoms with van der Waals surface area (Å²) in [6.45, 7) is 3.36. The van der Waals surface area contributed by atoms with Crippen molar-refractivity contribution in [1.82, 2.24) is 5.43 Å². The van der Waals surface area contributed by atoms with Gasteiger partial charge >= 0.3 is 0 Å². The van der Waals surface area contributed by atoms with Crippen molar-refractivity contribution in [2.75, 3.05) is 13.2 Å². The SMILES string of the molecule is CCOCCCC(Cc1c(F)cccc1Cl)NN. The molecular weight excluding hydrogens is 255 g/mol. The molecule has 5 heteroatoms. The van der Waals surface area contributed by atoms with Crippen molar-refractivity contribution in [2.45, 2.75) is 32.2 Å². The Morgan fingerprint density at radius 2 is 2.28 bits per heavy atom. The highest BCUT2D eigenvalue weighted by atomic mass is 35.5. The first-order valence-corrected chi connectivity index (χ1v) is 6.53. The van der Waals surface area contributed by atoms with E-state index in [1.165, 1.54) is 6.07 Å². The average Bonchev–Trinajstić information content (AvgIpc) is 2.36. The van der Waals surface area contributed by atoms with Gasteiger partial charge in [-0.1, -0.05) is 17.7 Å². The van der Waals surface area contributed by atoms with Gasteiger partial charge in [-0.15, -0.1) is 0 Å². The maximum absolute atomic E-state index is 13.6. The van der Waals surface area contributed by atoms with Crippen LogP contribution in [0.4, 0.5) is 4.39 Å². The van der Waals surface area contributed by atoms with Crippen molar-refractivity contribution in [2.24, 2.45) is 5.84 Å². The van der Waals surface area contributed by atoms with E-state index in [1.54, 1.807) is 12.1 Å². The maximum atomic E-state index is 13.6. The standard InChI is InChI=1S/C13H20ClFN2O/c1-2-18-8-4-5-10(17-16)9-11-12(14)6-3-7-13(11)15/h3,6-7,10,17H,2,4-5,8-9,16H2,1H3. The molecule has 0 saturated heterocycles. The highest BCUT2D eigenvalue weighted by molar-refractivity contribution is 6.31. The van der Waals surface area contributed by atoms with Crippen LogP contribution in [-0.2, 0) is 11.2 Å². The minimum absolute atomic E-state index is 0.000133. The first-order valence-electron chi connectivity index (χ1n) is 6.15. The summed E-state index contributed by atoms with van der Waals surface area (Å²) in [7, 11) is 0. The zero-order valence-electron chi connectivity index (χ0n) is 10.6. The van der Waals surface area contributed by atoms with Gasteiger partial charge in [-0.05, 0) is 38.3 Å². The van der Waals surface area contributed by atoms with Gasteiger partial charge in [0.1, 0.15) is 5.82 Å². The number of hydrogen-bond acceptors (Lipinski definition) is 3. The average molecular weight is 275 g/mol. The third kappa shape index (κ3) is 4.90. The predicted molar refractivity (Wildman–Crippen MR) is 72.0 cm³/mol. The summed E-state index contributed by atoms with van der Waals surface area (Å²) in [6, 6.07) is 4.70. The van der Waals surface area contributed by atoms with Gasteiger partial charge in [0.15, 0.2) is 0 Å². The molecule has 3 nitrogen and oxygen atoms in total. The molecule has 1 atom stereocenters. The molecule has 0 aliphatic rings. The Kier molecular flexibility index (Phi) is 7.20. The number of ether oxygens (including phenoxy) is 1. The number of halogens is 2. The minimum atomic E-state index is -0.285. The highest BCUT2D eigenvalue weighted by Gasteiger charge is 2.13. The van der Waals surface area contributed by atoms with Gasteiger partial charge in [0, 0.05) is 29.8 Å². The summed E-state index contributed by atoms with van der Waals surface area (Å²) in [5.41, 5.74) is 3.21. The van der Waals surface area contributed by atoms with Crippen LogP contribution < -0.4 is 11.3 Å². The van der Waals surface area contributed by atoms with Crippen LogP contribution in [0.5, 0.6) is 0 Å². The Bertz CT molecular complexity index is 343. The Labute approximate surface area is 112 Å². The van der Waals surface area contributed by atoms with Crippen molar-refractivity contribution in [1.29, 1.82) is 0 Å². The van der Waals surface area contributed by atoms with Crippen molar-refractivity contribution in [3.05, 3.63) is 34.6 Å². The number of hydrogen-bond donors (Lipinski definition) is 2. The molecule has 0 heterocycles. The molecule has 1 aromatic rings. The first kappa shape index (κ1) is 15.4. The van der Waals surface area contributed by atoms with E-state index in [1.807, 2.05) is 6.92 Å². The van der Waals surface area contributed by atoms with Crippen LogP contribution >= 0.6 is 11.6 Å². The van der Waals surface area contributed by atoms with Gasteiger partial charge in [-0.25, -0.2) is 4.39 Å². The van der Waals surface area contributed by atoms with Gasteiger partial charge in [-0.2, -0.15) is 0 Å². The summed E-state index contributed by atoms with van der Waals surface area (Å²) >= 11 is 5.98. The molecule has 0 aliphatic carbocycles. The van der Waals surface area contributed by atoms with E-state index in [0.717, 1.165) is 12.8 Å². The summed E-state index contributed by atoms with van der Waals surface area (Å²) in [5, 5.41) is 0.444. The number of benzene rings is 1. The number of hydrazine groups is 1. The van der Waals surface area contributed by atoms with E-state index in [4.69, 9.17) is 22.2 Å². The number of nitrogens with two attached hydrogens (primary N) is 1. The van der Waals surface area contributed by atoms with Crippen LogP contribution in [-0.4, -0.2) is 19.3 Å². The second-order valence-corrected chi connectivity index (χ2v) is 4.51. The summed E-state index contributed by atoms with van der Waals surface area (Å²) in [5.74, 6) is 5.19. The molecule has 0 spiro atoms. The molecule has 0 saturated carbocycles. The second kappa shape index (κ2) is 8.43. The summed E-state index contributed by atoms with van der Waals surface area (Å²) in [6.07, 6.45) is 2.18. The fraction of sp³-hybridized carbons (Fsp3) is 0.538. The lowest BCUT2D eigenvalue weighted by molar-refractivity contribution is 0.140. The molecule has 18 heavy (non-hydrogen) atoms. The lowest BCUT2D eigenvalue weighted by Crippen LogP contribution is -2.37. The largest absolute Gasteiger partial charge is 0.382 e. The van der Waals surface area contributed by atoms with Crippen molar-refractivity contribution in [3.63, 3.8) is 0 Å². The molecule has 1 rings (SSSR count). The fourth-order valence-corrected chi connectivity index (χ4v) is 2.03. The molecule has 0 aliphatic heterocycles. The van der Waals surface area contributed by atoms with E-state index in [9.17, 15) is 4.39 Å². The zero-order valence-corrected chi connectivity index (χ0v) is 11.3. The molecule has 1 unspecified atom stereocenters. The van der Waals surface area contributed by atoms with Crippen LogP contribution in [0.25, 0.3) is 0 Å². The van der Waals surface area contributed by atoms with Crippen molar-refractivity contribution in [3.8, 4) is 0 Å². The predicted octanol–water partition coefficient (Wildman–Crippen LogP) is 2.67. The Morgan fingerprint density at radius 3 is 2.89 bits per heavy atom. The summed E-state index contributed by atoms with van der Waals surface area (Å²) < 4.78 is 18.9. The molecule has 0 amide bonds. The Morgan fingerprint density at radius 1 is 1.50 bits per heavy atom. The zero-order chi connectivity index (χ0) is 13.4. The van der Waals surface area contributed by atoms with Crippen LogP contribution in [0.15, 0.2) is 18.2 Å². The van der Waals surface area contributed by atoms with Gasteiger partial charge in [0.05, 0.1) is 0 Å². The molecular formula is C13H20ClFN2O. The molecule has 0 radical (unpaired) electrons. The molecule has 102 valence electrons.